The number of hydrogen-bond acceptors (Lipinski definition) is 2. The van der Waals surface area contributed by atoms with Crippen molar-refractivity contribution in [3.05, 3.63) is 69.8 Å². The van der Waals surface area contributed by atoms with Crippen LogP contribution in [0.3, 0.4) is 0 Å². The standard InChI is InChI=1S/C19H14Cl2F3NO2/c1-10(26)14-5-6-16(20)15(18(14)21)8-12-7-11-3-4-13(27-19(22,23)24)9-17(11)25(12)2/h3-7,9,26H,1,8H2,2H3. The summed E-state index contributed by atoms with van der Waals surface area (Å²) in [6.07, 6.45) is -4.44. The molecule has 27 heavy (non-hydrogen) atoms. The maximum atomic E-state index is 12.4. The lowest BCUT2D eigenvalue weighted by Crippen LogP contribution is -2.17. The van der Waals surface area contributed by atoms with E-state index in [-0.39, 0.29) is 16.5 Å². The molecular weight excluding hydrogens is 402 g/mol. The van der Waals surface area contributed by atoms with Gasteiger partial charge in [0, 0.05) is 41.2 Å². The van der Waals surface area contributed by atoms with Gasteiger partial charge in [0.25, 0.3) is 0 Å². The summed E-state index contributed by atoms with van der Waals surface area (Å²) in [6, 6.07) is 9.14. The highest BCUT2D eigenvalue weighted by atomic mass is 35.5. The molecule has 2 aromatic carbocycles. The average molecular weight is 416 g/mol. The molecule has 0 bridgehead atoms. The molecule has 0 spiro atoms. The Morgan fingerprint density at radius 3 is 2.52 bits per heavy atom. The molecule has 3 nitrogen and oxygen atoms in total. The molecule has 1 N–H and O–H groups in total. The topological polar surface area (TPSA) is 34.4 Å². The minimum Gasteiger partial charge on any atom is -0.508 e. The lowest BCUT2D eigenvalue weighted by molar-refractivity contribution is -0.274. The highest BCUT2D eigenvalue weighted by Crippen LogP contribution is 2.34. The lowest BCUT2D eigenvalue weighted by atomic mass is 10.0. The van der Waals surface area contributed by atoms with E-state index in [1.54, 1.807) is 29.8 Å². The van der Waals surface area contributed by atoms with E-state index < -0.39 is 6.36 Å². The first-order valence-corrected chi connectivity index (χ1v) is 8.51. The fourth-order valence-electron chi connectivity index (χ4n) is 2.90. The second kappa shape index (κ2) is 7.02. The molecule has 8 heteroatoms. The molecule has 0 amide bonds. The second-order valence-electron chi connectivity index (χ2n) is 5.97. The third-order valence-electron chi connectivity index (χ3n) is 4.20. The van der Waals surface area contributed by atoms with Crippen LogP contribution < -0.4 is 4.74 Å². The monoisotopic (exact) mass is 415 g/mol. The largest absolute Gasteiger partial charge is 0.573 e. The summed E-state index contributed by atoms with van der Waals surface area (Å²) < 4.78 is 43.0. The van der Waals surface area contributed by atoms with Crippen LogP contribution in [0.4, 0.5) is 13.2 Å². The zero-order valence-electron chi connectivity index (χ0n) is 14.1. The number of rotatable bonds is 4. The van der Waals surface area contributed by atoms with E-state index in [1.165, 1.54) is 12.1 Å². The van der Waals surface area contributed by atoms with Crippen molar-refractivity contribution in [1.82, 2.24) is 4.57 Å². The molecule has 0 aliphatic rings. The van der Waals surface area contributed by atoms with Gasteiger partial charge in [0.15, 0.2) is 0 Å². The molecule has 0 saturated heterocycles. The lowest BCUT2D eigenvalue weighted by Gasteiger charge is -2.12. The number of aliphatic hydroxyl groups excluding tert-OH is 1. The van der Waals surface area contributed by atoms with Gasteiger partial charge in [0.2, 0.25) is 0 Å². The number of nitrogens with zero attached hydrogens (tertiary/aromatic N) is 1. The number of aromatic nitrogens is 1. The highest BCUT2D eigenvalue weighted by Gasteiger charge is 2.31. The van der Waals surface area contributed by atoms with E-state index in [0.717, 1.165) is 11.1 Å². The van der Waals surface area contributed by atoms with Crippen LogP contribution in [-0.2, 0) is 13.5 Å². The molecular formula is C19H14Cl2F3NO2. The van der Waals surface area contributed by atoms with Gasteiger partial charge in [-0.3, -0.25) is 0 Å². The van der Waals surface area contributed by atoms with E-state index in [1.807, 2.05) is 6.07 Å². The molecule has 142 valence electrons. The normalized spacial score (nSPS) is 11.8. The summed E-state index contributed by atoms with van der Waals surface area (Å²) in [5.74, 6) is -0.471. The first-order chi connectivity index (χ1) is 12.6. The molecule has 0 fully saturated rings. The van der Waals surface area contributed by atoms with Gasteiger partial charge in [0.1, 0.15) is 11.5 Å². The van der Waals surface area contributed by atoms with Crippen LogP contribution in [0.1, 0.15) is 16.8 Å². The minimum absolute atomic E-state index is 0.177. The van der Waals surface area contributed by atoms with Gasteiger partial charge in [-0.1, -0.05) is 29.8 Å². The summed E-state index contributed by atoms with van der Waals surface area (Å²) in [5.41, 5.74) is 2.31. The van der Waals surface area contributed by atoms with Crippen LogP contribution in [0.25, 0.3) is 16.7 Å². The van der Waals surface area contributed by atoms with Gasteiger partial charge in [-0.15, -0.1) is 13.2 Å². The number of aryl methyl sites for hydroxylation is 1. The molecule has 0 unspecified atom stereocenters. The Morgan fingerprint density at radius 1 is 1.19 bits per heavy atom. The zero-order valence-corrected chi connectivity index (χ0v) is 15.6. The Morgan fingerprint density at radius 2 is 1.89 bits per heavy atom. The zero-order chi connectivity index (χ0) is 19.9. The molecule has 1 aromatic heterocycles. The fourth-order valence-corrected chi connectivity index (χ4v) is 3.51. The third kappa shape index (κ3) is 4.01. The molecule has 0 radical (unpaired) electrons. The van der Waals surface area contributed by atoms with Crippen molar-refractivity contribution in [2.24, 2.45) is 7.05 Å². The van der Waals surface area contributed by atoms with Gasteiger partial charge in [0.05, 0.1) is 10.5 Å². The van der Waals surface area contributed by atoms with Crippen molar-refractivity contribution in [2.45, 2.75) is 12.8 Å². The van der Waals surface area contributed by atoms with Crippen LogP contribution in [0.2, 0.25) is 10.0 Å². The highest BCUT2D eigenvalue weighted by molar-refractivity contribution is 6.37. The Hall–Kier alpha value is -2.31. The summed E-state index contributed by atoms with van der Waals surface area (Å²) in [7, 11) is 1.73. The number of hydrogen-bond donors (Lipinski definition) is 1. The van der Waals surface area contributed by atoms with Crippen molar-refractivity contribution in [3.8, 4) is 5.75 Å². The molecule has 3 aromatic rings. The number of benzene rings is 2. The van der Waals surface area contributed by atoms with Crippen LogP contribution >= 0.6 is 23.2 Å². The average Bonchev–Trinajstić information content (AvgIpc) is 2.85. The van der Waals surface area contributed by atoms with Gasteiger partial charge in [-0.05, 0) is 35.9 Å². The second-order valence-corrected chi connectivity index (χ2v) is 6.76. The quantitative estimate of drug-likeness (QED) is 0.493. The predicted molar refractivity (Wildman–Crippen MR) is 101 cm³/mol. The number of aliphatic hydroxyl groups is 1. The minimum atomic E-state index is -4.75. The van der Waals surface area contributed by atoms with E-state index in [9.17, 15) is 18.3 Å². The number of fused-ring (bicyclic) bond motifs is 1. The maximum Gasteiger partial charge on any atom is 0.573 e. The smallest absolute Gasteiger partial charge is 0.508 e. The van der Waals surface area contributed by atoms with E-state index in [4.69, 9.17) is 23.2 Å². The summed E-state index contributed by atoms with van der Waals surface area (Å²) in [6.45, 7) is 3.47. The van der Waals surface area contributed by atoms with Crippen molar-refractivity contribution in [2.75, 3.05) is 0 Å². The number of alkyl halides is 3. The SMILES string of the molecule is C=C(O)c1ccc(Cl)c(Cc2cc3ccc(OC(F)(F)F)cc3n2C)c1Cl. The van der Waals surface area contributed by atoms with Crippen LogP contribution in [0, 0.1) is 0 Å². The van der Waals surface area contributed by atoms with Crippen molar-refractivity contribution < 1.29 is 23.0 Å². The molecule has 0 saturated carbocycles. The van der Waals surface area contributed by atoms with Crippen LogP contribution in [-0.4, -0.2) is 16.0 Å². The Bertz CT molecular complexity index is 1040. The Kier molecular flexibility index (Phi) is 5.06. The van der Waals surface area contributed by atoms with Gasteiger partial charge in [-0.25, -0.2) is 0 Å². The van der Waals surface area contributed by atoms with Crippen LogP contribution in [0.5, 0.6) is 5.75 Å². The number of ether oxygens (including phenoxy) is 1. The van der Waals surface area contributed by atoms with Crippen molar-refractivity contribution >= 4 is 39.9 Å². The molecule has 1 heterocycles. The van der Waals surface area contributed by atoms with E-state index >= 15 is 0 Å². The summed E-state index contributed by atoms with van der Waals surface area (Å²) >= 11 is 12.6. The van der Waals surface area contributed by atoms with Crippen molar-refractivity contribution in [3.63, 3.8) is 0 Å². The van der Waals surface area contributed by atoms with Gasteiger partial charge in [-0.2, -0.15) is 0 Å². The van der Waals surface area contributed by atoms with E-state index in [2.05, 4.69) is 11.3 Å². The van der Waals surface area contributed by atoms with Crippen LogP contribution in [0.15, 0.2) is 43.0 Å². The van der Waals surface area contributed by atoms with E-state index in [0.29, 0.717) is 28.1 Å². The molecule has 3 rings (SSSR count). The van der Waals surface area contributed by atoms with Gasteiger partial charge >= 0.3 is 6.36 Å². The van der Waals surface area contributed by atoms with Gasteiger partial charge < -0.3 is 14.4 Å². The third-order valence-corrected chi connectivity index (χ3v) is 4.99. The molecule has 0 aliphatic heterocycles. The Balaban J connectivity index is 2.03. The summed E-state index contributed by atoms with van der Waals surface area (Å²) in [4.78, 5) is 0. The summed E-state index contributed by atoms with van der Waals surface area (Å²) in [5, 5.41) is 11.1. The fraction of sp³-hybridized carbons (Fsp3) is 0.158. The molecule has 0 aliphatic carbocycles. The number of halogens is 5. The first kappa shape index (κ1) is 19.5. The Labute approximate surface area is 163 Å². The molecule has 0 atom stereocenters. The first-order valence-electron chi connectivity index (χ1n) is 7.76. The van der Waals surface area contributed by atoms with Crippen molar-refractivity contribution in [1.29, 1.82) is 0 Å². The predicted octanol–water partition coefficient (Wildman–Crippen LogP) is 6.50. The maximum absolute atomic E-state index is 12.4.